The normalized spacial score (nSPS) is 17.7. The first kappa shape index (κ1) is 20.3. The van der Waals surface area contributed by atoms with Gasteiger partial charge in [0.15, 0.2) is 0 Å². The summed E-state index contributed by atoms with van der Waals surface area (Å²) in [6.07, 6.45) is 1.47. The number of furan rings is 1. The van der Waals surface area contributed by atoms with Crippen LogP contribution in [0.5, 0.6) is 11.5 Å². The number of benzene rings is 2. The summed E-state index contributed by atoms with van der Waals surface area (Å²) in [4.78, 5) is 27.3. The van der Waals surface area contributed by atoms with Gasteiger partial charge in [-0.25, -0.2) is 0 Å². The second kappa shape index (κ2) is 8.39. The first-order valence-electron chi connectivity index (χ1n) is 9.62. The van der Waals surface area contributed by atoms with E-state index in [1.165, 1.54) is 18.3 Å². The highest BCUT2D eigenvalue weighted by molar-refractivity contribution is 6.46. The van der Waals surface area contributed by atoms with E-state index in [0.29, 0.717) is 22.8 Å². The number of rotatable bonds is 6. The Kier molecular flexibility index (Phi) is 5.49. The lowest BCUT2D eigenvalue weighted by Gasteiger charge is -2.23. The molecule has 1 aliphatic heterocycles. The van der Waals surface area contributed by atoms with Crippen molar-refractivity contribution in [2.24, 2.45) is 0 Å². The van der Waals surface area contributed by atoms with Gasteiger partial charge in [-0.15, -0.1) is 0 Å². The number of amides is 1. The number of carbonyl (C=O) groups excluding carboxylic acids is 2. The van der Waals surface area contributed by atoms with Gasteiger partial charge in [0, 0.05) is 12.1 Å². The molecule has 2 aromatic carbocycles. The predicted octanol–water partition coefficient (Wildman–Crippen LogP) is 3.92. The van der Waals surface area contributed by atoms with E-state index in [0.717, 1.165) is 5.56 Å². The molecule has 1 unspecified atom stereocenters. The Morgan fingerprint density at radius 2 is 1.74 bits per heavy atom. The number of ketones is 1. The summed E-state index contributed by atoms with van der Waals surface area (Å²) in [5.41, 5.74) is 1.15. The van der Waals surface area contributed by atoms with E-state index in [1.807, 2.05) is 12.1 Å². The van der Waals surface area contributed by atoms with Crippen LogP contribution in [0.4, 0.5) is 0 Å². The number of hydrogen-bond donors (Lipinski definition) is 1. The maximum absolute atomic E-state index is 13.0. The highest BCUT2D eigenvalue weighted by atomic mass is 16.5. The highest BCUT2D eigenvalue weighted by Gasteiger charge is 2.47. The number of nitrogens with zero attached hydrogens (tertiary/aromatic N) is 1. The van der Waals surface area contributed by atoms with Crippen molar-refractivity contribution in [2.45, 2.75) is 12.6 Å². The number of Topliss-reactive ketones (excluding diaryl/α,β-unsaturated/α-hetero) is 1. The molecule has 1 aromatic heterocycles. The van der Waals surface area contributed by atoms with Crippen molar-refractivity contribution in [1.82, 2.24) is 4.90 Å². The van der Waals surface area contributed by atoms with Crippen molar-refractivity contribution in [1.29, 1.82) is 0 Å². The van der Waals surface area contributed by atoms with Gasteiger partial charge in [-0.05, 0) is 42.0 Å². The van der Waals surface area contributed by atoms with Crippen LogP contribution < -0.4 is 9.47 Å². The van der Waals surface area contributed by atoms with E-state index in [1.54, 1.807) is 55.6 Å². The third-order valence-corrected chi connectivity index (χ3v) is 5.21. The second-order valence-corrected chi connectivity index (χ2v) is 7.02. The number of aliphatic hydroxyl groups is 1. The molecule has 0 spiro atoms. The van der Waals surface area contributed by atoms with Crippen LogP contribution in [0.1, 0.15) is 22.9 Å². The molecule has 7 heteroatoms. The van der Waals surface area contributed by atoms with Crippen molar-refractivity contribution in [3.05, 3.63) is 89.4 Å². The van der Waals surface area contributed by atoms with Gasteiger partial charge in [0.25, 0.3) is 11.7 Å². The summed E-state index contributed by atoms with van der Waals surface area (Å²) in [6, 6.07) is 16.4. The van der Waals surface area contributed by atoms with Crippen molar-refractivity contribution in [3.63, 3.8) is 0 Å². The molecule has 0 aliphatic carbocycles. The first-order chi connectivity index (χ1) is 15.0. The molecule has 1 N–H and O–H groups in total. The summed E-state index contributed by atoms with van der Waals surface area (Å²) in [5.74, 6) is -0.164. The molecule has 1 amide bonds. The molecular weight excluding hydrogens is 398 g/mol. The summed E-state index contributed by atoms with van der Waals surface area (Å²) >= 11 is 0. The molecular formula is C24H21NO6. The van der Waals surface area contributed by atoms with Crippen LogP contribution in [0.3, 0.4) is 0 Å². The minimum Gasteiger partial charge on any atom is -0.507 e. The van der Waals surface area contributed by atoms with Crippen molar-refractivity contribution < 1.29 is 28.6 Å². The average Bonchev–Trinajstić information content (AvgIpc) is 3.42. The zero-order chi connectivity index (χ0) is 22.0. The van der Waals surface area contributed by atoms with E-state index in [9.17, 15) is 14.7 Å². The standard InChI is InChI=1S/C24H21NO6/c1-29-17-10-8-15(9-11-17)14-25-21(19-7-4-12-31-19)20(23(27)24(25)28)22(26)16-5-3-6-18(13-16)30-2/h3-13,21,26H,14H2,1-2H3/b22-20-. The van der Waals surface area contributed by atoms with E-state index in [-0.39, 0.29) is 17.9 Å². The Morgan fingerprint density at radius 1 is 1.00 bits per heavy atom. The lowest BCUT2D eigenvalue weighted by Crippen LogP contribution is -2.29. The SMILES string of the molecule is COc1ccc(CN2C(=O)C(=O)/C(=C(\O)c3cccc(OC)c3)C2c2ccco2)cc1. The molecule has 1 fully saturated rings. The van der Waals surface area contributed by atoms with E-state index in [2.05, 4.69) is 0 Å². The number of likely N-dealkylation sites (tertiary alicyclic amines) is 1. The molecule has 4 rings (SSSR count). The van der Waals surface area contributed by atoms with Crippen molar-refractivity contribution >= 4 is 17.4 Å². The van der Waals surface area contributed by atoms with Gasteiger partial charge in [0.1, 0.15) is 29.1 Å². The van der Waals surface area contributed by atoms with E-state index < -0.39 is 17.7 Å². The van der Waals surface area contributed by atoms with E-state index >= 15 is 0 Å². The lowest BCUT2D eigenvalue weighted by molar-refractivity contribution is -0.140. The van der Waals surface area contributed by atoms with Gasteiger partial charge < -0.3 is 23.9 Å². The van der Waals surface area contributed by atoms with Gasteiger partial charge in [0.2, 0.25) is 0 Å². The minimum atomic E-state index is -0.858. The van der Waals surface area contributed by atoms with Gasteiger partial charge in [0.05, 0.1) is 26.1 Å². The molecule has 2 heterocycles. The molecule has 1 atom stereocenters. The Bertz CT molecular complexity index is 1130. The van der Waals surface area contributed by atoms with Crippen LogP contribution in [-0.2, 0) is 16.1 Å². The number of hydrogen-bond acceptors (Lipinski definition) is 6. The maximum atomic E-state index is 13.0. The van der Waals surface area contributed by atoms with Crippen LogP contribution in [0, 0.1) is 0 Å². The topological polar surface area (TPSA) is 89.2 Å². The molecule has 0 bridgehead atoms. The molecule has 31 heavy (non-hydrogen) atoms. The average molecular weight is 419 g/mol. The van der Waals surface area contributed by atoms with Crippen LogP contribution in [0.25, 0.3) is 5.76 Å². The highest BCUT2D eigenvalue weighted by Crippen LogP contribution is 2.40. The van der Waals surface area contributed by atoms with Crippen LogP contribution in [0.2, 0.25) is 0 Å². The summed E-state index contributed by atoms with van der Waals surface area (Å²) in [6.45, 7) is 0.162. The quantitative estimate of drug-likeness (QED) is 0.370. The van der Waals surface area contributed by atoms with Crippen LogP contribution in [0.15, 0.2) is 76.9 Å². The first-order valence-corrected chi connectivity index (χ1v) is 9.62. The number of ether oxygens (including phenoxy) is 2. The zero-order valence-corrected chi connectivity index (χ0v) is 17.1. The number of methoxy groups -OCH3 is 2. The number of aliphatic hydroxyl groups excluding tert-OH is 1. The van der Waals surface area contributed by atoms with Gasteiger partial charge in [-0.2, -0.15) is 0 Å². The molecule has 7 nitrogen and oxygen atoms in total. The van der Waals surface area contributed by atoms with Crippen LogP contribution >= 0.6 is 0 Å². The Balaban J connectivity index is 1.79. The van der Waals surface area contributed by atoms with Gasteiger partial charge >= 0.3 is 0 Å². The fourth-order valence-electron chi connectivity index (χ4n) is 3.64. The minimum absolute atomic E-state index is 0.0262. The lowest BCUT2D eigenvalue weighted by atomic mass is 9.99. The second-order valence-electron chi connectivity index (χ2n) is 7.02. The summed E-state index contributed by atoms with van der Waals surface area (Å²) < 4.78 is 15.9. The third-order valence-electron chi connectivity index (χ3n) is 5.21. The van der Waals surface area contributed by atoms with E-state index in [4.69, 9.17) is 13.9 Å². The largest absolute Gasteiger partial charge is 0.507 e. The maximum Gasteiger partial charge on any atom is 0.296 e. The zero-order valence-electron chi connectivity index (χ0n) is 17.1. The Hall–Kier alpha value is -4.00. The number of carbonyl (C=O) groups is 2. The fourth-order valence-corrected chi connectivity index (χ4v) is 3.64. The van der Waals surface area contributed by atoms with Gasteiger partial charge in [-0.1, -0.05) is 24.3 Å². The Morgan fingerprint density at radius 3 is 2.39 bits per heavy atom. The predicted molar refractivity (Wildman–Crippen MR) is 113 cm³/mol. The summed E-state index contributed by atoms with van der Waals surface area (Å²) in [7, 11) is 3.08. The molecule has 158 valence electrons. The van der Waals surface area contributed by atoms with Crippen molar-refractivity contribution in [3.8, 4) is 11.5 Å². The molecule has 1 saturated heterocycles. The molecule has 0 saturated carbocycles. The molecule has 0 radical (unpaired) electrons. The van der Waals surface area contributed by atoms with Crippen LogP contribution in [-0.4, -0.2) is 35.9 Å². The van der Waals surface area contributed by atoms with Crippen molar-refractivity contribution in [2.75, 3.05) is 14.2 Å². The smallest absolute Gasteiger partial charge is 0.296 e. The monoisotopic (exact) mass is 419 g/mol. The molecule has 1 aliphatic rings. The summed E-state index contributed by atoms with van der Waals surface area (Å²) in [5, 5.41) is 11.0. The fraction of sp³-hybridized carbons (Fsp3) is 0.167. The third kappa shape index (κ3) is 3.77. The Labute approximate surface area is 179 Å². The van der Waals surface area contributed by atoms with Gasteiger partial charge in [-0.3, -0.25) is 9.59 Å². The molecule has 3 aromatic rings.